The zero-order chi connectivity index (χ0) is 27.2. The molecule has 2 aromatic heterocycles. The zero-order valence-corrected chi connectivity index (χ0v) is 24.2. The number of halogens is 2. The molecule has 6 nitrogen and oxygen atoms in total. The molecule has 1 amide bonds. The summed E-state index contributed by atoms with van der Waals surface area (Å²) in [7, 11) is 0. The van der Waals surface area contributed by atoms with Gasteiger partial charge in [-0.15, -0.1) is 0 Å². The van der Waals surface area contributed by atoms with E-state index in [1.807, 2.05) is 38.4 Å². The lowest BCUT2D eigenvalue weighted by Crippen LogP contribution is -2.48. The molecular formula is C30H37Cl2N5O. The molecule has 3 aromatic rings. The van der Waals surface area contributed by atoms with Gasteiger partial charge in [-0.2, -0.15) is 0 Å². The summed E-state index contributed by atoms with van der Waals surface area (Å²) in [6, 6.07) is 12.8. The molecule has 0 saturated carbocycles. The third-order valence-electron chi connectivity index (χ3n) is 7.65. The maximum absolute atomic E-state index is 12.8. The Morgan fingerprint density at radius 1 is 1.11 bits per heavy atom. The van der Waals surface area contributed by atoms with Gasteiger partial charge in [0, 0.05) is 61.4 Å². The van der Waals surface area contributed by atoms with Gasteiger partial charge >= 0.3 is 0 Å². The van der Waals surface area contributed by atoms with Crippen LogP contribution in [0.1, 0.15) is 58.9 Å². The van der Waals surface area contributed by atoms with Crippen LogP contribution in [0.3, 0.4) is 0 Å². The lowest BCUT2D eigenvalue weighted by atomic mass is 9.99. The first-order chi connectivity index (χ1) is 18.2. The van der Waals surface area contributed by atoms with Crippen LogP contribution in [-0.2, 0) is 6.54 Å². The summed E-state index contributed by atoms with van der Waals surface area (Å²) in [6.07, 6.45) is 6.88. The van der Waals surface area contributed by atoms with Gasteiger partial charge < -0.3 is 15.1 Å². The number of nitrogens with one attached hydrogen (secondary N) is 1. The predicted molar refractivity (Wildman–Crippen MR) is 156 cm³/mol. The number of carbonyl (C=O) groups excluding carboxylic acids is 1. The second-order valence-corrected chi connectivity index (χ2v) is 11.1. The number of aromatic nitrogens is 2. The van der Waals surface area contributed by atoms with Crippen molar-refractivity contribution in [2.45, 2.75) is 65.6 Å². The molecule has 1 N–H and O–H groups in total. The fourth-order valence-corrected chi connectivity index (χ4v) is 5.76. The minimum absolute atomic E-state index is 0.0839. The van der Waals surface area contributed by atoms with E-state index in [0.29, 0.717) is 35.0 Å². The van der Waals surface area contributed by atoms with E-state index in [9.17, 15) is 4.79 Å². The SMILES string of the molecule is Cc1ccncc1CN(c1ccc(Cl)cc1)C1CCN(C(C)CCNC(=O)c2c(C)cc(Cl)nc2C)CC1. The van der Waals surface area contributed by atoms with Crippen LogP contribution in [0.4, 0.5) is 5.69 Å². The number of likely N-dealkylation sites (tertiary alicyclic amines) is 1. The molecule has 1 saturated heterocycles. The van der Waals surface area contributed by atoms with E-state index < -0.39 is 0 Å². The average Bonchev–Trinajstić information content (AvgIpc) is 2.88. The van der Waals surface area contributed by atoms with Crippen LogP contribution in [-0.4, -0.2) is 52.5 Å². The van der Waals surface area contributed by atoms with Crippen LogP contribution in [0.2, 0.25) is 10.2 Å². The molecule has 1 unspecified atom stereocenters. The van der Waals surface area contributed by atoms with Gasteiger partial charge in [0.2, 0.25) is 0 Å². The Kier molecular flexibility index (Phi) is 9.64. The van der Waals surface area contributed by atoms with Gasteiger partial charge in [-0.05, 0) is 100 Å². The van der Waals surface area contributed by atoms with Crippen molar-refractivity contribution in [1.82, 2.24) is 20.2 Å². The number of hydrogen-bond donors (Lipinski definition) is 1. The maximum Gasteiger partial charge on any atom is 0.253 e. The fraction of sp³-hybridized carbons (Fsp3) is 0.433. The number of aryl methyl sites for hydroxylation is 3. The number of carbonyl (C=O) groups is 1. The van der Waals surface area contributed by atoms with Gasteiger partial charge in [0.1, 0.15) is 5.15 Å². The lowest BCUT2D eigenvalue weighted by molar-refractivity contribution is 0.0943. The lowest BCUT2D eigenvalue weighted by Gasteiger charge is -2.42. The topological polar surface area (TPSA) is 61.4 Å². The van der Waals surface area contributed by atoms with Crippen LogP contribution in [0, 0.1) is 20.8 Å². The van der Waals surface area contributed by atoms with Crippen molar-refractivity contribution in [2.75, 3.05) is 24.5 Å². The Balaban J connectivity index is 1.33. The predicted octanol–water partition coefficient (Wildman–Crippen LogP) is 6.39. The molecular weight excluding hydrogens is 517 g/mol. The zero-order valence-electron chi connectivity index (χ0n) is 22.7. The molecule has 0 bridgehead atoms. The van der Waals surface area contributed by atoms with Gasteiger partial charge in [0.15, 0.2) is 0 Å². The van der Waals surface area contributed by atoms with Crippen LogP contribution in [0.25, 0.3) is 0 Å². The van der Waals surface area contributed by atoms with Gasteiger partial charge in [-0.25, -0.2) is 4.98 Å². The molecule has 3 heterocycles. The molecule has 4 rings (SSSR count). The first-order valence-electron chi connectivity index (χ1n) is 13.3. The van der Waals surface area contributed by atoms with Crippen molar-refractivity contribution in [2.24, 2.45) is 0 Å². The maximum atomic E-state index is 12.8. The Labute approximate surface area is 236 Å². The number of pyridine rings is 2. The second-order valence-electron chi connectivity index (χ2n) is 10.3. The first-order valence-corrected chi connectivity index (χ1v) is 14.1. The van der Waals surface area contributed by atoms with Gasteiger partial charge in [-0.1, -0.05) is 23.2 Å². The molecule has 8 heteroatoms. The molecule has 1 aromatic carbocycles. The highest BCUT2D eigenvalue weighted by Crippen LogP contribution is 2.28. The summed E-state index contributed by atoms with van der Waals surface area (Å²) in [6.45, 7) is 11.6. The number of benzene rings is 1. The van der Waals surface area contributed by atoms with E-state index >= 15 is 0 Å². The molecule has 1 fully saturated rings. The number of amides is 1. The number of anilines is 1. The summed E-state index contributed by atoms with van der Waals surface area (Å²) in [4.78, 5) is 26.4. The summed E-state index contributed by atoms with van der Waals surface area (Å²) in [5.41, 5.74) is 5.82. The summed E-state index contributed by atoms with van der Waals surface area (Å²) in [5, 5.41) is 4.25. The highest BCUT2D eigenvalue weighted by Gasteiger charge is 2.27. The summed E-state index contributed by atoms with van der Waals surface area (Å²) >= 11 is 12.2. The van der Waals surface area contributed by atoms with Crippen molar-refractivity contribution < 1.29 is 4.79 Å². The normalized spacial score (nSPS) is 15.3. The molecule has 1 aliphatic heterocycles. The van der Waals surface area contributed by atoms with Crippen molar-refractivity contribution in [3.05, 3.63) is 86.9 Å². The van der Waals surface area contributed by atoms with Crippen LogP contribution < -0.4 is 10.2 Å². The van der Waals surface area contributed by atoms with Gasteiger partial charge in [0.25, 0.3) is 5.91 Å². The van der Waals surface area contributed by atoms with E-state index in [1.54, 1.807) is 6.07 Å². The molecule has 0 spiro atoms. The summed E-state index contributed by atoms with van der Waals surface area (Å²) < 4.78 is 0. The molecule has 1 aliphatic rings. The number of hydrogen-bond acceptors (Lipinski definition) is 5. The number of rotatable bonds is 9. The van der Waals surface area contributed by atoms with Crippen molar-refractivity contribution >= 4 is 34.8 Å². The minimum Gasteiger partial charge on any atom is -0.364 e. The molecule has 202 valence electrons. The minimum atomic E-state index is -0.0839. The Bertz CT molecular complexity index is 1220. The van der Waals surface area contributed by atoms with Gasteiger partial charge in [0.05, 0.1) is 11.3 Å². The first kappa shape index (κ1) is 28.3. The van der Waals surface area contributed by atoms with Crippen molar-refractivity contribution in [1.29, 1.82) is 0 Å². The Morgan fingerprint density at radius 2 is 1.82 bits per heavy atom. The van der Waals surface area contributed by atoms with E-state index in [2.05, 4.69) is 57.1 Å². The van der Waals surface area contributed by atoms with E-state index in [0.717, 1.165) is 49.5 Å². The van der Waals surface area contributed by atoms with Crippen LogP contribution in [0.15, 0.2) is 48.8 Å². The summed E-state index contributed by atoms with van der Waals surface area (Å²) in [5.74, 6) is -0.0839. The van der Waals surface area contributed by atoms with Crippen LogP contribution in [0.5, 0.6) is 0 Å². The molecule has 38 heavy (non-hydrogen) atoms. The fourth-order valence-electron chi connectivity index (χ4n) is 5.34. The van der Waals surface area contributed by atoms with Crippen molar-refractivity contribution in [3.8, 4) is 0 Å². The highest BCUT2D eigenvalue weighted by molar-refractivity contribution is 6.30. The monoisotopic (exact) mass is 553 g/mol. The third kappa shape index (κ3) is 7.04. The van der Waals surface area contributed by atoms with Crippen molar-refractivity contribution in [3.63, 3.8) is 0 Å². The van der Waals surface area contributed by atoms with E-state index in [4.69, 9.17) is 23.2 Å². The third-order valence-corrected chi connectivity index (χ3v) is 8.10. The number of nitrogens with zero attached hydrogens (tertiary/aromatic N) is 4. The number of piperidine rings is 1. The largest absolute Gasteiger partial charge is 0.364 e. The molecule has 0 aliphatic carbocycles. The Hall–Kier alpha value is -2.67. The van der Waals surface area contributed by atoms with E-state index in [-0.39, 0.29) is 5.91 Å². The standard InChI is InChI=1S/C30H37Cl2N5O/c1-20-9-13-33-18-24(20)19-37(26-7-5-25(31)6-8-26)27-11-15-36(16-12-27)22(3)10-14-34-30(38)29-21(2)17-28(32)35-23(29)4/h5-9,13,17-18,22,27H,10-12,14-16,19H2,1-4H3,(H,34,38). The quantitative estimate of drug-likeness (QED) is 0.311. The second kappa shape index (κ2) is 12.9. The van der Waals surface area contributed by atoms with Gasteiger partial charge in [-0.3, -0.25) is 9.78 Å². The molecule has 0 radical (unpaired) electrons. The molecule has 1 atom stereocenters. The highest BCUT2D eigenvalue weighted by atomic mass is 35.5. The van der Waals surface area contributed by atoms with Crippen LogP contribution >= 0.6 is 23.2 Å². The van der Waals surface area contributed by atoms with E-state index in [1.165, 1.54) is 16.8 Å². The smallest absolute Gasteiger partial charge is 0.253 e. The Morgan fingerprint density at radius 3 is 2.47 bits per heavy atom. The average molecular weight is 555 g/mol.